The molecule has 2 amide bonds. The van der Waals surface area contributed by atoms with E-state index in [1.54, 1.807) is 7.05 Å². The van der Waals surface area contributed by atoms with Crippen molar-refractivity contribution in [3.8, 4) is 0 Å². The maximum absolute atomic E-state index is 11.9. The molecule has 0 atom stereocenters. The Morgan fingerprint density at radius 3 is 2.41 bits per heavy atom. The van der Waals surface area contributed by atoms with Gasteiger partial charge in [0, 0.05) is 39.6 Å². The predicted molar refractivity (Wildman–Crippen MR) is 66.5 cm³/mol. The number of nitrogens with zero attached hydrogens (tertiary/aromatic N) is 2. The third kappa shape index (κ3) is 4.73. The molecule has 1 heterocycles. The first-order chi connectivity index (χ1) is 8.00. The molecule has 1 aliphatic rings. The van der Waals surface area contributed by atoms with Gasteiger partial charge in [0.05, 0.1) is 6.54 Å². The molecule has 1 fully saturated rings. The smallest absolute Gasteiger partial charge is 0.242 e. The Morgan fingerprint density at radius 2 is 1.88 bits per heavy atom. The highest BCUT2D eigenvalue weighted by Gasteiger charge is 2.20. The fourth-order valence-corrected chi connectivity index (χ4v) is 1.81. The molecule has 0 bridgehead atoms. The maximum atomic E-state index is 11.9. The summed E-state index contributed by atoms with van der Waals surface area (Å²) in [4.78, 5) is 27.0. The fourth-order valence-electron chi connectivity index (χ4n) is 1.81. The molecule has 0 aromatic rings. The van der Waals surface area contributed by atoms with Crippen LogP contribution in [-0.2, 0) is 9.59 Å². The Bertz CT molecular complexity index is 273. The summed E-state index contributed by atoms with van der Waals surface area (Å²) in [5, 5.41) is 3.20. The van der Waals surface area contributed by atoms with Crippen molar-refractivity contribution in [3.05, 3.63) is 0 Å². The van der Waals surface area contributed by atoms with E-state index in [-0.39, 0.29) is 18.4 Å². The van der Waals surface area contributed by atoms with E-state index in [0.717, 1.165) is 26.2 Å². The van der Waals surface area contributed by atoms with E-state index >= 15 is 0 Å². The Kier molecular flexibility index (Phi) is 5.41. The van der Waals surface area contributed by atoms with Gasteiger partial charge in [0.2, 0.25) is 11.8 Å². The summed E-state index contributed by atoms with van der Waals surface area (Å²) in [6.45, 7) is 7.38. The second-order valence-corrected chi connectivity index (χ2v) is 4.98. The quantitative estimate of drug-likeness (QED) is 0.749. The Labute approximate surface area is 103 Å². The zero-order valence-corrected chi connectivity index (χ0v) is 11.0. The van der Waals surface area contributed by atoms with E-state index in [1.807, 2.05) is 18.7 Å². The zero-order chi connectivity index (χ0) is 12.8. The van der Waals surface area contributed by atoms with Crippen molar-refractivity contribution in [2.75, 3.05) is 39.8 Å². The van der Waals surface area contributed by atoms with Crippen molar-refractivity contribution in [2.24, 2.45) is 5.92 Å². The predicted octanol–water partition coefficient (Wildman–Crippen LogP) is -0.0773. The van der Waals surface area contributed by atoms with Gasteiger partial charge in [0.1, 0.15) is 0 Å². The standard InChI is InChI=1S/C12H23N3O2/c1-10(2)8-11(16)14(3)9-12(17)15-6-4-13-5-7-15/h10,13H,4-9H2,1-3H3. The van der Waals surface area contributed by atoms with Gasteiger partial charge in [-0.25, -0.2) is 0 Å². The molecule has 0 saturated carbocycles. The van der Waals surface area contributed by atoms with Crippen molar-refractivity contribution in [3.63, 3.8) is 0 Å². The van der Waals surface area contributed by atoms with Crippen molar-refractivity contribution >= 4 is 11.8 Å². The lowest BCUT2D eigenvalue weighted by molar-refractivity contribution is -0.140. The summed E-state index contributed by atoms with van der Waals surface area (Å²) >= 11 is 0. The van der Waals surface area contributed by atoms with Gasteiger partial charge in [-0.15, -0.1) is 0 Å². The molecule has 17 heavy (non-hydrogen) atoms. The number of amides is 2. The van der Waals surface area contributed by atoms with E-state index in [0.29, 0.717) is 12.3 Å². The van der Waals surface area contributed by atoms with Crippen molar-refractivity contribution in [2.45, 2.75) is 20.3 Å². The highest BCUT2D eigenvalue weighted by molar-refractivity contribution is 5.84. The molecule has 98 valence electrons. The molecule has 0 aliphatic carbocycles. The van der Waals surface area contributed by atoms with E-state index < -0.39 is 0 Å². The normalized spacial score (nSPS) is 16.1. The summed E-state index contributed by atoms with van der Waals surface area (Å²) in [5.74, 6) is 0.425. The number of carbonyl (C=O) groups excluding carboxylic acids is 2. The minimum atomic E-state index is 0.0449. The molecule has 0 aromatic carbocycles. The second-order valence-electron chi connectivity index (χ2n) is 4.98. The van der Waals surface area contributed by atoms with Crippen LogP contribution < -0.4 is 5.32 Å². The molecule has 0 spiro atoms. The zero-order valence-electron chi connectivity index (χ0n) is 11.0. The lowest BCUT2D eigenvalue weighted by Crippen LogP contribution is -2.49. The number of hydrogen-bond donors (Lipinski definition) is 1. The number of hydrogen-bond acceptors (Lipinski definition) is 3. The summed E-state index contributed by atoms with van der Waals surface area (Å²) in [7, 11) is 1.70. The first kappa shape index (κ1) is 14.0. The maximum Gasteiger partial charge on any atom is 0.242 e. The SMILES string of the molecule is CC(C)CC(=O)N(C)CC(=O)N1CCNCC1. The summed E-state index contributed by atoms with van der Waals surface area (Å²) in [6, 6.07) is 0. The van der Waals surface area contributed by atoms with Crippen LogP contribution in [0, 0.1) is 5.92 Å². The third-order valence-electron chi connectivity index (χ3n) is 2.85. The average Bonchev–Trinajstić information content (AvgIpc) is 2.29. The van der Waals surface area contributed by atoms with E-state index in [2.05, 4.69) is 5.32 Å². The molecule has 1 aliphatic heterocycles. The van der Waals surface area contributed by atoms with Gasteiger partial charge in [-0.05, 0) is 5.92 Å². The van der Waals surface area contributed by atoms with Crippen LogP contribution in [0.2, 0.25) is 0 Å². The van der Waals surface area contributed by atoms with E-state index in [4.69, 9.17) is 0 Å². The first-order valence-corrected chi connectivity index (χ1v) is 6.23. The van der Waals surface area contributed by atoms with Gasteiger partial charge in [-0.2, -0.15) is 0 Å². The molecule has 1 saturated heterocycles. The van der Waals surface area contributed by atoms with Crippen LogP contribution in [0.1, 0.15) is 20.3 Å². The first-order valence-electron chi connectivity index (χ1n) is 6.23. The molecule has 5 heteroatoms. The minimum absolute atomic E-state index is 0.0449. The fraction of sp³-hybridized carbons (Fsp3) is 0.833. The molecular formula is C12H23N3O2. The second kappa shape index (κ2) is 6.59. The molecule has 5 nitrogen and oxygen atoms in total. The Hall–Kier alpha value is -1.10. The topological polar surface area (TPSA) is 52.7 Å². The van der Waals surface area contributed by atoms with Crippen LogP contribution in [0.25, 0.3) is 0 Å². The number of nitrogens with one attached hydrogen (secondary N) is 1. The minimum Gasteiger partial charge on any atom is -0.339 e. The van der Waals surface area contributed by atoms with Gasteiger partial charge in [0.15, 0.2) is 0 Å². The molecular weight excluding hydrogens is 218 g/mol. The van der Waals surface area contributed by atoms with Gasteiger partial charge in [0.25, 0.3) is 0 Å². The molecule has 0 radical (unpaired) electrons. The Balaban J connectivity index is 2.36. The van der Waals surface area contributed by atoms with Gasteiger partial charge in [-0.3, -0.25) is 9.59 Å². The molecule has 0 unspecified atom stereocenters. The van der Waals surface area contributed by atoms with Crippen molar-refractivity contribution in [1.29, 1.82) is 0 Å². The monoisotopic (exact) mass is 241 g/mol. The highest BCUT2D eigenvalue weighted by atomic mass is 16.2. The average molecular weight is 241 g/mol. The number of likely N-dealkylation sites (N-methyl/N-ethyl adjacent to an activating group) is 1. The largest absolute Gasteiger partial charge is 0.339 e. The van der Waals surface area contributed by atoms with E-state index in [1.165, 1.54) is 4.90 Å². The van der Waals surface area contributed by atoms with Crippen LogP contribution in [0.5, 0.6) is 0 Å². The number of piperazine rings is 1. The molecule has 0 aromatic heterocycles. The third-order valence-corrected chi connectivity index (χ3v) is 2.85. The van der Waals surface area contributed by atoms with Gasteiger partial charge >= 0.3 is 0 Å². The van der Waals surface area contributed by atoms with Crippen LogP contribution >= 0.6 is 0 Å². The van der Waals surface area contributed by atoms with Crippen LogP contribution in [-0.4, -0.2) is 61.4 Å². The summed E-state index contributed by atoms with van der Waals surface area (Å²) in [6.07, 6.45) is 0.505. The van der Waals surface area contributed by atoms with Crippen molar-refractivity contribution in [1.82, 2.24) is 15.1 Å². The molecule has 1 N–H and O–H groups in total. The Morgan fingerprint density at radius 1 is 1.29 bits per heavy atom. The van der Waals surface area contributed by atoms with Crippen LogP contribution in [0.15, 0.2) is 0 Å². The van der Waals surface area contributed by atoms with Gasteiger partial charge in [-0.1, -0.05) is 13.8 Å². The highest BCUT2D eigenvalue weighted by Crippen LogP contribution is 2.03. The van der Waals surface area contributed by atoms with Crippen LogP contribution in [0.4, 0.5) is 0 Å². The van der Waals surface area contributed by atoms with E-state index in [9.17, 15) is 9.59 Å². The van der Waals surface area contributed by atoms with Gasteiger partial charge < -0.3 is 15.1 Å². The molecule has 1 rings (SSSR count). The number of carbonyl (C=O) groups is 2. The summed E-state index contributed by atoms with van der Waals surface area (Å²) < 4.78 is 0. The summed E-state index contributed by atoms with van der Waals surface area (Å²) in [5.41, 5.74) is 0. The van der Waals surface area contributed by atoms with Crippen LogP contribution in [0.3, 0.4) is 0 Å². The lowest BCUT2D eigenvalue weighted by atomic mass is 10.1. The van der Waals surface area contributed by atoms with Crippen molar-refractivity contribution < 1.29 is 9.59 Å². The lowest BCUT2D eigenvalue weighted by Gasteiger charge is -2.29. The number of rotatable bonds is 4.